The average molecular weight is 268 g/mol. The van der Waals surface area contributed by atoms with E-state index in [-0.39, 0.29) is 5.78 Å². The summed E-state index contributed by atoms with van der Waals surface area (Å²) in [5.74, 6) is 0.963. The first-order valence-electron chi connectivity index (χ1n) is 5.24. The Labute approximate surface area is 107 Å². The van der Waals surface area contributed by atoms with Crippen LogP contribution in [0.4, 0.5) is 0 Å². The number of rotatable bonds is 5. The van der Waals surface area contributed by atoms with Crippen molar-refractivity contribution in [2.75, 3.05) is 5.75 Å². The molecule has 2 aromatic heterocycles. The smallest absolute Gasteiger partial charge is 0.277 e. The Bertz CT molecular complexity index is 519. The first-order chi connectivity index (χ1) is 8.19. The van der Waals surface area contributed by atoms with E-state index < -0.39 is 0 Å². The molecule has 0 amide bonds. The summed E-state index contributed by atoms with van der Waals surface area (Å²) >= 11 is 2.83. The monoisotopic (exact) mass is 268 g/mol. The summed E-state index contributed by atoms with van der Waals surface area (Å²) in [4.78, 5) is 13.9. The number of carbonyl (C=O) groups is 1. The first kappa shape index (κ1) is 12.3. The van der Waals surface area contributed by atoms with Gasteiger partial charge in [0.1, 0.15) is 0 Å². The largest absolute Gasteiger partial charge is 0.416 e. The molecule has 2 aromatic rings. The van der Waals surface area contributed by atoms with E-state index in [4.69, 9.17) is 4.42 Å². The minimum absolute atomic E-state index is 0.107. The zero-order valence-corrected chi connectivity index (χ0v) is 11.2. The van der Waals surface area contributed by atoms with E-state index in [1.54, 1.807) is 18.3 Å². The zero-order chi connectivity index (χ0) is 12.3. The van der Waals surface area contributed by atoms with Crippen LogP contribution in [0.1, 0.15) is 27.4 Å². The van der Waals surface area contributed by atoms with Gasteiger partial charge in [-0.3, -0.25) is 4.79 Å². The predicted octanol–water partition coefficient (Wildman–Crippen LogP) is 2.98. The maximum absolute atomic E-state index is 11.9. The highest BCUT2D eigenvalue weighted by molar-refractivity contribution is 7.99. The predicted molar refractivity (Wildman–Crippen MR) is 67.8 cm³/mol. The fraction of sp³-hybridized carbons (Fsp3) is 0.364. The molecule has 17 heavy (non-hydrogen) atoms. The van der Waals surface area contributed by atoms with Crippen LogP contribution in [0.15, 0.2) is 21.8 Å². The quantitative estimate of drug-likeness (QED) is 0.616. The van der Waals surface area contributed by atoms with Gasteiger partial charge in [0.05, 0.1) is 10.6 Å². The van der Waals surface area contributed by atoms with Crippen molar-refractivity contribution in [3.05, 3.63) is 27.8 Å². The van der Waals surface area contributed by atoms with Gasteiger partial charge in [-0.05, 0) is 18.6 Å². The highest BCUT2D eigenvalue weighted by atomic mass is 32.2. The molecule has 0 aromatic carbocycles. The third kappa shape index (κ3) is 3.17. The van der Waals surface area contributed by atoms with Crippen LogP contribution in [0, 0.1) is 6.92 Å². The van der Waals surface area contributed by atoms with Gasteiger partial charge < -0.3 is 4.42 Å². The Morgan fingerprint density at radius 3 is 2.88 bits per heavy atom. The zero-order valence-electron chi connectivity index (χ0n) is 9.60. The molecule has 0 spiro atoms. The summed E-state index contributed by atoms with van der Waals surface area (Å²) in [5.41, 5.74) is 0. The standard InChI is InChI=1S/C11H12N2O2S2/c1-3-8-4-5-10(17-8)9(14)6-16-11-13-12-7(2)15-11/h4-5H,3,6H2,1-2H3. The highest BCUT2D eigenvalue weighted by Crippen LogP contribution is 2.21. The lowest BCUT2D eigenvalue weighted by Crippen LogP contribution is -1.99. The van der Waals surface area contributed by atoms with Crippen molar-refractivity contribution in [2.45, 2.75) is 25.5 Å². The van der Waals surface area contributed by atoms with Crippen molar-refractivity contribution >= 4 is 28.9 Å². The normalized spacial score (nSPS) is 10.7. The SMILES string of the molecule is CCc1ccc(C(=O)CSc2nnc(C)o2)s1. The van der Waals surface area contributed by atoms with Crippen LogP contribution in [0.25, 0.3) is 0 Å². The van der Waals surface area contributed by atoms with Crippen molar-refractivity contribution in [3.63, 3.8) is 0 Å². The maximum Gasteiger partial charge on any atom is 0.277 e. The molecular formula is C11H12N2O2S2. The number of aromatic nitrogens is 2. The van der Waals surface area contributed by atoms with E-state index in [2.05, 4.69) is 17.1 Å². The molecule has 0 atom stereocenters. The van der Waals surface area contributed by atoms with Crippen molar-refractivity contribution in [1.82, 2.24) is 10.2 Å². The second-order valence-corrected chi connectivity index (χ2v) is 5.51. The van der Waals surface area contributed by atoms with Crippen LogP contribution >= 0.6 is 23.1 Å². The number of Topliss-reactive ketones (excluding diaryl/α,β-unsaturated/α-hetero) is 1. The fourth-order valence-electron chi connectivity index (χ4n) is 1.25. The molecule has 0 aliphatic heterocycles. The number of thiophene rings is 1. The lowest BCUT2D eigenvalue weighted by atomic mass is 10.3. The van der Waals surface area contributed by atoms with Crippen LogP contribution < -0.4 is 0 Å². The number of aryl methyl sites for hydroxylation is 2. The second-order valence-electron chi connectivity index (χ2n) is 3.42. The van der Waals surface area contributed by atoms with E-state index in [1.165, 1.54) is 16.6 Å². The molecule has 0 saturated carbocycles. The Hall–Kier alpha value is -1.14. The fourth-order valence-corrected chi connectivity index (χ4v) is 2.92. The van der Waals surface area contributed by atoms with Crippen LogP contribution in [0.2, 0.25) is 0 Å². The van der Waals surface area contributed by atoms with Gasteiger partial charge in [-0.2, -0.15) is 0 Å². The number of hydrogen-bond donors (Lipinski definition) is 0. The average Bonchev–Trinajstić information content (AvgIpc) is 2.94. The van der Waals surface area contributed by atoms with Crippen molar-refractivity contribution < 1.29 is 9.21 Å². The van der Waals surface area contributed by atoms with E-state index in [0.717, 1.165) is 11.3 Å². The number of hydrogen-bond acceptors (Lipinski definition) is 6. The molecule has 0 radical (unpaired) electrons. The van der Waals surface area contributed by atoms with E-state index in [1.807, 2.05) is 12.1 Å². The molecule has 90 valence electrons. The van der Waals surface area contributed by atoms with Gasteiger partial charge in [0.2, 0.25) is 5.89 Å². The third-order valence-electron chi connectivity index (χ3n) is 2.12. The molecule has 6 heteroatoms. The van der Waals surface area contributed by atoms with E-state index in [9.17, 15) is 4.79 Å². The minimum Gasteiger partial charge on any atom is -0.416 e. The highest BCUT2D eigenvalue weighted by Gasteiger charge is 2.11. The van der Waals surface area contributed by atoms with Gasteiger partial charge in [0.15, 0.2) is 5.78 Å². The number of carbonyl (C=O) groups excluding carboxylic acids is 1. The molecular weight excluding hydrogens is 256 g/mol. The Balaban J connectivity index is 1.93. The molecule has 0 aliphatic rings. The third-order valence-corrected chi connectivity index (χ3v) is 4.21. The summed E-state index contributed by atoms with van der Waals surface area (Å²) in [6, 6.07) is 3.88. The van der Waals surface area contributed by atoms with Crippen molar-refractivity contribution in [3.8, 4) is 0 Å². The Kier molecular flexibility index (Phi) is 3.96. The first-order valence-corrected chi connectivity index (χ1v) is 7.04. The van der Waals surface area contributed by atoms with E-state index in [0.29, 0.717) is 16.9 Å². The number of nitrogens with zero attached hydrogens (tertiary/aromatic N) is 2. The second kappa shape index (κ2) is 5.46. The molecule has 0 aliphatic carbocycles. The summed E-state index contributed by atoms with van der Waals surface area (Å²) in [6.07, 6.45) is 0.966. The molecule has 2 heterocycles. The lowest BCUT2D eigenvalue weighted by Gasteiger charge is -1.94. The molecule has 0 N–H and O–H groups in total. The molecule has 0 bridgehead atoms. The summed E-state index contributed by atoms with van der Waals surface area (Å²) in [7, 11) is 0. The van der Waals surface area contributed by atoms with Gasteiger partial charge in [-0.25, -0.2) is 0 Å². The van der Waals surface area contributed by atoms with Gasteiger partial charge in [-0.15, -0.1) is 21.5 Å². The summed E-state index contributed by atoms with van der Waals surface area (Å²) < 4.78 is 5.19. The molecule has 0 fully saturated rings. The van der Waals surface area contributed by atoms with Crippen molar-refractivity contribution in [2.24, 2.45) is 0 Å². The summed E-state index contributed by atoms with van der Waals surface area (Å²) in [6.45, 7) is 3.81. The molecule has 0 unspecified atom stereocenters. The maximum atomic E-state index is 11.9. The van der Waals surface area contributed by atoms with Crippen LogP contribution in [-0.2, 0) is 6.42 Å². The lowest BCUT2D eigenvalue weighted by molar-refractivity contribution is 0.102. The Morgan fingerprint density at radius 2 is 2.29 bits per heavy atom. The van der Waals surface area contributed by atoms with Gasteiger partial charge in [0, 0.05) is 11.8 Å². The number of thioether (sulfide) groups is 1. The van der Waals surface area contributed by atoms with Crippen molar-refractivity contribution in [1.29, 1.82) is 0 Å². The minimum atomic E-state index is 0.107. The van der Waals surface area contributed by atoms with Crippen LogP contribution in [0.5, 0.6) is 0 Å². The van der Waals surface area contributed by atoms with Gasteiger partial charge in [-0.1, -0.05) is 18.7 Å². The number of ketones is 1. The van der Waals surface area contributed by atoms with E-state index >= 15 is 0 Å². The van der Waals surface area contributed by atoms with Gasteiger partial charge >= 0.3 is 0 Å². The summed E-state index contributed by atoms with van der Waals surface area (Å²) in [5, 5.41) is 7.99. The molecule has 0 saturated heterocycles. The van der Waals surface area contributed by atoms with Gasteiger partial charge in [0.25, 0.3) is 5.22 Å². The van der Waals surface area contributed by atoms with Crippen LogP contribution in [-0.4, -0.2) is 21.7 Å². The molecule has 4 nitrogen and oxygen atoms in total. The molecule has 2 rings (SSSR count). The topological polar surface area (TPSA) is 56.0 Å². The van der Waals surface area contributed by atoms with Crippen LogP contribution in [0.3, 0.4) is 0 Å². The Morgan fingerprint density at radius 1 is 1.47 bits per heavy atom.